The molecule has 6 heteroatoms. The fraction of sp³-hybridized carbons (Fsp3) is 0.500. The molecule has 1 aliphatic rings. The first kappa shape index (κ1) is 7.66. The molecule has 0 aliphatic carbocycles. The van der Waals surface area contributed by atoms with Gasteiger partial charge in [0.1, 0.15) is 25.0 Å². The van der Waals surface area contributed by atoms with Gasteiger partial charge in [0, 0.05) is 13.0 Å². The lowest BCUT2D eigenvalue weighted by Crippen LogP contribution is -2.07. The van der Waals surface area contributed by atoms with Gasteiger partial charge < -0.3 is 4.57 Å². The van der Waals surface area contributed by atoms with Crippen LogP contribution in [0.2, 0.25) is 0 Å². The lowest BCUT2D eigenvalue weighted by molar-refractivity contribution is 0.603. The van der Waals surface area contributed by atoms with Crippen molar-refractivity contribution in [1.82, 2.24) is 29.5 Å². The van der Waals surface area contributed by atoms with Crippen LogP contribution in [0, 0.1) is 0 Å². The molecule has 6 nitrogen and oxygen atoms in total. The quantitative estimate of drug-likeness (QED) is 0.661. The Morgan fingerprint density at radius 1 is 1.36 bits per heavy atom. The van der Waals surface area contributed by atoms with Crippen LogP contribution < -0.4 is 0 Å². The number of aryl methyl sites for hydroxylation is 1. The summed E-state index contributed by atoms with van der Waals surface area (Å²) in [4.78, 5) is 3.89. The molecule has 0 amide bonds. The molecule has 72 valence electrons. The van der Waals surface area contributed by atoms with E-state index in [-0.39, 0.29) is 0 Å². The molecule has 0 fully saturated rings. The number of hydrogen-bond donors (Lipinski definition) is 0. The highest BCUT2D eigenvalue weighted by Crippen LogP contribution is 2.14. The van der Waals surface area contributed by atoms with E-state index >= 15 is 0 Å². The highest BCUT2D eigenvalue weighted by atomic mass is 15.4. The molecule has 3 heterocycles. The minimum atomic E-state index is 0.660. The summed E-state index contributed by atoms with van der Waals surface area (Å²) in [5.74, 6) is 2.07. The Bertz CT molecular complexity index is 429. The molecule has 0 saturated carbocycles. The van der Waals surface area contributed by atoms with E-state index in [0.29, 0.717) is 6.54 Å². The summed E-state index contributed by atoms with van der Waals surface area (Å²) in [6, 6.07) is 0. The van der Waals surface area contributed by atoms with E-state index < -0.39 is 0 Å². The smallest absolute Gasteiger partial charge is 0.154 e. The van der Waals surface area contributed by atoms with Gasteiger partial charge in [-0.05, 0) is 6.42 Å². The second-order valence-corrected chi connectivity index (χ2v) is 3.38. The standard InChI is InChI=1S/C8H10N6/c1-2-7-11-12-8(14(7)3-1)4-13-6-9-5-10-13/h5-6H,1-4H2. The van der Waals surface area contributed by atoms with Crippen LogP contribution in [0.3, 0.4) is 0 Å². The van der Waals surface area contributed by atoms with Crippen molar-refractivity contribution in [1.29, 1.82) is 0 Å². The lowest BCUT2D eigenvalue weighted by Gasteiger charge is -2.01. The van der Waals surface area contributed by atoms with E-state index in [2.05, 4.69) is 24.8 Å². The van der Waals surface area contributed by atoms with E-state index in [0.717, 1.165) is 24.6 Å². The Morgan fingerprint density at radius 2 is 2.36 bits per heavy atom. The largest absolute Gasteiger partial charge is 0.313 e. The summed E-state index contributed by atoms with van der Waals surface area (Å²) in [5, 5.41) is 12.3. The molecule has 3 rings (SSSR count). The van der Waals surface area contributed by atoms with Gasteiger partial charge in [-0.3, -0.25) is 0 Å². The van der Waals surface area contributed by atoms with Gasteiger partial charge in [0.25, 0.3) is 0 Å². The van der Waals surface area contributed by atoms with Gasteiger partial charge in [-0.15, -0.1) is 10.2 Å². The highest BCUT2D eigenvalue weighted by molar-refractivity contribution is 5.00. The Balaban J connectivity index is 1.90. The fourth-order valence-corrected chi connectivity index (χ4v) is 1.79. The van der Waals surface area contributed by atoms with Gasteiger partial charge in [-0.1, -0.05) is 0 Å². The number of rotatable bonds is 2. The van der Waals surface area contributed by atoms with Crippen LogP contribution in [-0.4, -0.2) is 29.5 Å². The van der Waals surface area contributed by atoms with Crippen LogP contribution in [0.25, 0.3) is 0 Å². The first-order valence-corrected chi connectivity index (χ1v) is 4.67. The summed E-state index contributed by atoms with van der Waals surface area (Å²) in [5.41, 5.74) is 0. The first-order chi connectivity index (χ1) is 6.93. The van der Waals surface area contributed by atoms with Gasteiger partial charge >= 0.3 is 0 Å². The molecule has 0 radical (unpaired) electrons. The van der Waals surface area contributed by atoms with Crippen LogP contribution in [-0.2, 0) is 19.5 Å². The van der Waals surface area contributed by atoms with E-state index in [9.17, 15) is 0 Å². The van der Waals surface area contributed by atoms with E-state index in [1.807, 2.05) is 0 Å². The Labute approximate surface area is 80.6 Å². The van der Waals surface area contributed by atoms with E-state index in [1.54, 1.807) is 11.0 Å². The second kappa shape index (κ2) is 2.90. The maximum atomic E-state index is 4.14. The van der Waals surface area contributed by atoms with Crippen molar-refractivity contribution >= 4 is 0 Å². The monoisotopic (exact) mass is 190 g/mol. The summed E-state index contributed by atoms with van der Waals surface area (Å²) < 4.78 is 3.93. The molecule has 0 aromatic carbocycles. The minimum Gasteiger partial charge on any atom is -0.313 e. The highest BCUT2D eigenvalue weighted by Gasteiger charge is 2.17. The molecule has 0 saturated heterocycles. The van der Waals surface area contributed by atoms with Crippen molar-refractivity contribution in [2.75, 3.05) is 0 Å². The summed E-state index contributed by atoms with van der Waals surface area (Å²) in [7, 11) is 0. The Morgan fingerprint density at radius 3 is 3.21 bits per heavy atom. The zero-order valence-electron chi connectivity index (χ0n) is 7.67. The number of fused-ring (bicyclic) bond motifs is 1. The average Bonchev–Trinajstić information content (AvgIpc) is 2.85. The van der Waals surface area contributed by atoms with Crippen LogP contribution in [0.15, 0.2) is 12.7 Å². The van der Waals surface area contributed by atoms with Crippen LogP contribution in [0.1, 0.15) is 18.1 Å². The number of aromatic nitrogens is 6. The maximum Gasteiger partial charge on any atom is 0.154 e. The van der Waals surface area contributed by atoms with Gasteiger partial charge in [0.2, 0.25) is 0 Å². The van der Waals surface area contributed by atoms with Crippen molar-refractivity contribution in [2.24, 2.45) is 0 Å². The van der Waals surface area contributed by atoms with E-state index in [4.69, 9.17) is 0 Å². The molecule has 2 aromatic heterocycles. The van der Waals surface area contributed by atoms with Crippen LogP contribution in [0.4, 0.5) is 0 Å². The summed E-state index contributed by atoms with van der Waals surface area (Å²) in [6.07, 6.45) is 5.44. The topological polar surface area (TPSA) is 61.4 Å². The molecule has 2 aromatic rings. The molecule has 0 spiro atoms. The number of nitrogens with zero attached hydrogens (tertiary/aromatic N) is 6. The SMILES string of the molecule is c1ncn(Cc2nnc3n2CCC3)n1. The van der Waals surface area contributed by atoms with Gasteiger partial charge in [-0.2, -0.15) is 5.10 Å². The zero-order chi connectivity index (χ0) is 9.38. The molecule has 0 N–H and O–H groups in total. The van der Waals surface area contributed by atoms with Crippen molar-refractivity contribution in [3.63, 3.8) is 0 Å². The first-order valence-electron chi connectivity index (χ1n) is 4.67. The predicted octanol–water partition coefficient (Wildman–Crippen LogP) is -0.136. The second-order valence-electron chi connectivity index (χ2n) is 3.38. The number of hydrogen-bond acceptors (Lipinski definition) is 4. The Hall–Kier alpha value is -1.72. The van der Waals surface area contributed by atoms with E-state index in [1.165, 1.54) is 12.7 Å². The molecule has 0 atom stereocenters. The van der Waals surface area contributed by atoms with Gasteiger partial charge in [-0.25, -0.2) is 9.67 Å². The summed E-state index contributed by atoms with van der Waals surface area (Å²) in [6.45, 7) is 1.69. The maximum absolute atomic E-state index is 4.14. The molecular formula is C8H10N6. The minimum absolute atomic E-state index is 0.660. The van der Waals surface area contributed by atoms with Crippen LogP contribution >= 0.6 is 0 Å². The van der Waals surface area contributed by atoms with Gasteiger partial charge in [0.15, 0.2) is 5.82 Å². The van der Waals surface area contributed by atoms with Crippen molar-refractivity contribution in [2.45, 2.75) is 25.9 Å². The predicted molar refractivity (Wildman–Crippen MR) is 47.5 cm³/mol. The third-order valence-electron chi connectivity index (χ3n) is 2.46. The van der Waals surface area contributed by atoms with Crippen LogP contribution in [0.5, 0.6) is 0 Å². The molecule has 0 bridgehead atoms. The molecular weight excluding hydrogens is 180 g/mol. The molecule has 14 heavy (non-hydrogen) atoms. The summed E-state index contributed by atoms with van der Waals surface area (Å²) >= 11 is 0. The fourth-order valence-electron chi connectivity index (χ4n) is 1.79. The normalized spacial score (nSPS) is 14.6. The molecule has 0 unspecified atom stereocenters. The average molecular weight is 190 g/mol. The molecule has 1 aliphatic heterocycles. The third-order valence-corrected chi connectivity index (χ3v) is 2.46. The van der Waals surface area contributed by atoms with Crippen molar-refractivity contribution in [3.8, 4) is 0 Å². The zero-order valence-corrected chi connectivity index (χ0v) is 7.67. The Kier molecular flexibility index (Phi) is 1.59. The van der Waals surface area contributed by atoms with Gasteiger partial charge in [0.05, 0.1) is 0 Å². The third kappa shape index (κ3) is 1.11. The van der Waals surface area contributed by atoms with Crippen molar-refractivity contribution in [3.05, 3.63) is 24.3 Å². The lowest BCUT2D eigenvalue weighted by atomic mass is 10.4. The van der Waals surface area contributed by atoms with Crippen molar-refractivity contribution < 1.29 is 0 Å².